The molecule has 0 aromatic heterocycles. The maximum absolute atomic E-state index is 12.1. The number of carboxylic acid groups (broad SMARTS) is 1. The van der Waals surface area contributed by atoms with Crippen molar-refractivity contribution in [1.29, 1.82) is 0 Å². The fourth-order valence-corrected chi connectivity index (χ4v) is 2.35. The first-order chi connectivity index (χ1) is 11.6. The minimum Gasteiger partial charge on any atom is -0.494 e. The minimum absolute atomic E-state index is 0.130. The maximum Gasteiger partial charge on any atom is 0.326 e. The van der Waals surface area contributed by atoms with E-state index >= 15 is 0 Å². The summed E-state index contributed by atoms with van der Waals surface area (Å²) in [4.78, 5) is 23.5. The second kappa shape index (κ2) is 8.72. The molecular formula is C19H21NO4. The molecule has 0 saturated carbocycles. The van der Waals surface area contributed by atoms with Gasteiger partial charge in [-0.05, 0) is 30.2 Å². The van der Waals surface area contributed by atoms with E-state index < -0.39 is 12.0 Å². The molecule has 2 N–H and O–H groups in total. The Hall–Kier alpha value is -2.82. The van der Waals surface area contributed by atoms with Gasteiger partial charge in [-0.3, -0.25) is 4.79 Å². The van der Waals surface area contributed by atoms with Crippen LogP contribution in [0, 0.1) is 0 Å². The minimum atomic E-state index is -1.04. The van der Waals surface area contributed by atoms with E-state index in [0.29, 0.717) is 6.61 Å². The quantitative estimate of drug-likeness (QED) is 0.781. The number of carbonyl (C=O) groups excluding carboxylic acids is 1. The highest BCUT2D eigenvalue weighted by molar-refractivity contribution is 5.85. The first-order valence-corrected chi connectivity index (χ1v) is 7.86. The summed E-state index contributed by atoms with van der Waals surface area (Å²) in [6, 6.07) is 15.5. The van der Waals surface area contributed by atoms with Crippen molar-refractivity contribution >= 4 is 11.9 Å². The molecule has 0 saturated heterocycles. The molecule has 0 spiro atoms. The van der Waals surface area contributed by atoms with Crippen molar-refractivity contribution in [3.8, 4) is 5.75 Å². The van der Waals surface area contributed by atoms with Crippen molar-refractivity contribution in [2.24, 2.45) is 0 Å². The number of amides is 1. The highest BCUT2D eigenvalue weighted by Gasteiger charge is 2.20. The SMILES string of the molecule is CCOc1ccc(CC(=O)N[C@H](Cc2ccccc2)C(=O)O)cc1. The van der Waals surface area contributed by atoms with Crippen molar-refractivity contribution < 1.29 is 19.4 Å². The largest absolute Gasteiger partial charge is 0.494 e. The lowest BCUT2D eigenvalue weighted by Gasteiger charge is -2.15. The smallest absolute Gasteiger partial charge is 0.326 e. The first kappa shape index (κ1) is 17.5. The van der Waals surface area contributed by atoms with E-state index in [1.807, 2.05) is 37.3 Å². The molecule has 0 unspecified atom stereocenters. The number of rotatable bonds is 8. The number of carboxylic acids is 1. The Morgan fingerprint density at radius 2 is 1.71 bits per heavy atom. The van der Waals surface area contributed by atoms with Crippen LogP contribution < -0.4 is 10.1 Å². The van der Waals surface area contributed by atoms with E-state index in [1.54, 1.807) is 24.3 Å². The number of aliphatic carboxylic acids is 1. The second-order valence-electron chi connectivity index (χ2n) is 5.40. The topological polar surface area (TPSA) is 75.6 Å². The average Bonchev–Trinajstić information content (AvgIpc) is 2.57. The number of carbonyl (C=O) groups is 2. The van der Waals surface area contributed by atoms with Crippen molar-refractivity contribution in [2.75, 3.05) is 6.61 Å². The number of benzene rings is 2. The summed E-state index contributed by atoms with van der Waals surface area (Å²) in [6.45, 7) is 2.49. The van der Waals surface area contributed by atoms with Crippen molar-refractivity contribution in [3.05, 3.63) is 65.7 Å². The molecule has 1 atom stereocenters. The Labute approximate surface area is 141 Å². The van der Waals surface area contributed by atoms with E-state index in [2.05, 4.69) is 5.32 Å². The fraction of sp³-hybridized carbons (Fsp3) is 0.263. The zero-order valence-electron chi connectivity index (χ0n) is 13.6. The molecule has 126 valence electrons. The Morgan fingerprint density at radius 1 is 1.04 bits per heavy atom. The number of ether oxygens (including phenoxy) is 1. The summed E-state index contributed by atoms with van der Waals surface area (Å²) in [7, 11) is 0. The lowest BCUT2D eigenvalue weighted by Crippen LogP contribution is -2.43. The van der Waals surface area contributed by atoms with Crippen LogP contribution in [0.25, 0.3) is 0 Å². The van der Waals surface area contributed by atoms with E-state index in [1.165, 1.54) is 0 Å². The molecule has 5 heteroatoms. The summed E-state index contributed by atoms with van der Waals surface area (Å²) in [5.41, 5.74) is 1.67. The molecule has 5 nitrogen and oxygen atoms in total. The van der Waals surface area contributed by atoms with Gasteiger partial charge in [-0.2, -0.15) is 0 Å². The Kier molecular flexibility index (Phi) is 6.37. The molecule has 0 bridgehead atoms. The van der Waals surface area contributed by atoms with Gasteiger partial charge in [0.15, 0.2) is 0 Å². The second-order valence-corrected chi connectivity index (χ2v) is 5.40. The third-order valence-electron chi connectivity index (χ3n) is 3.52. The summed E-state index contributed by atoms with van der Waals surface area (Å²) in [5.74, 6) is -0.615. The van der Waals surface area contributed by atoms with Gasteiger partial charge >= 0.3 is 5.97 Å². The van der Waals surface area contributed by atoms with Gasteiger partial charge in [-0.25, -0.2) is 4.79 Å². The molecular weight excluding hydrogens is 306 g/mol. The van der Waals surface area contributed by atoms with Gasteiger partial charge in [-0.15, -0.1) is 0 Å². The van der Waals surface area contributed by atoms with Crippen LogP contribution in [-0.4, -0.2) is 29.6 Å². The highest BCUT2D eigenvalue weighted by Crippen LogP contribution is 2.12. The summed E-state index contributed by atoms with van der Waals surface area (Å²) in [6.07, 6.45) is 0.385. The van der Waals surface area contributed by atoms with E-state index in [4.69, 9.17) is 4.74 Å². The number of hydrogen-bond acceptors (Lipinski definition) is 3. The van der Waals surface area contributed by atoms with Crippen molar-refractivity contribution in [1.82, 2.24) is 5.32 Å². The van der Waals surface area contributed by atoms with Gasteiger partial charge in [0.1, 0.15) is 11.8 Å². The molecule has 0 heterocycles. The van der Waals surface area contributed by atoms with Gasteiger partial charge in [0, 0.05) is 6.42 Å². The molecule has 2 aromatic rings. The van der Waals surface area contributed by atoms with Crippen LogP contribution in [0.4, 0.5) is 0 Å². The molecule has 0 aliphatic heterocycles. The zero-order chi connectivity index (χ0) is 17.4. The van der Waals surface area contributed by atoms with Gasteiger partial charge < -0.3 is 15.2 Å². The van der Waals surface area contributed by atoms with Crippen LogP contribution in [-0.2, 0) is 22.4 Å². The van der Waals surface area contributed by atoms with E-state index in [-0.39, 0.29) is 18.7 Å². The van der Waals surface area contributed by atoms with Gasteiger partial charge in [-0.1, -0.05) is 42.5 Å². The molecule has 1 amide bonds. The van der Waals surface area contributed by atoms with Gasteiger partial charge in [0.05, 0.1) is 13.0 Å². The molecule has 2 rings (SSSR count). The van der Waals surface area contributed by atoms with Gasteiger partial charge in [0.25, 0.3) is 0 Å². The monoisotopic (exact) mass is 327 g/mol. The molecule has 24 heavy (non-hydrogen) atoms. The normalized spacial score (nSPS) is 11.5. The fourth-order valence-electron chi connectivity index (χ4n) is 2.35. The lowest BCUT2D eigenvalue weighted by molar-refractivity contribution is -0.141. The Bertz CT molecular complexity index is 668. The third-order valence-corrected chi connectivity index (χ3v) is 3.52. The average molecular weight is 327 g/mol. The van der Waals surface area contributed by atoms with Crippen molar-refractivity contribution in [2.45, 2.75) is 25.8 Å². The van der Waals surface area contributed by atoms with E-state index in [0.717, 1.165) is 16.9 Å². The van der Waals surface area contributed by atoms with Crippen LogP contribution in [0.1, 0.15) is 18.1 Å². The molecule has 0 aliphatic rings. The van der Waals surface area contributed by atoms with Crippen LogP contribution in [0.2, 0.25) is 0 Å². The standard InChI is InChI=1S/C19H21NO4/c1-2-24-16-10-8-15(9-11-16)13-18(21)20-17(19(22)23)12-14-6-4-3-5-7-14/h3-11,17H,2,12-13H2,1H3,(H,20,21)(H,22,23)/t17-/m1/s1. The Morgan fingerprint density at radius 3 is 2.29 bits per heavy atom. The molecule has 2 aromatic carbocycles. The van der Waals surface area contributed by atoms with E-state index in [9.17, 15) is 14.7 Å². The van der Waals surface area contributed by atoms with Crippen LogP contribution in [0.5, 0.6) is 5.75 Å². The van der Waals surface area contributed by atoms with Crippen LogP contribution >= 0.6 is 0 Å². The molecule has 0 aliphatic carbocycles. The summed E-state index contributed by atoms with van der Waals surface area (Å²) < 4.78 is 5.35. The predicted octanol–water partition coefficient (Wildman–Crippen LogP) is 2.44. The summed E-state index contributed by atoms with van der Waals surface area (Å²) in [5, 5.41) is 11.9. The van der Waals surface area contributed by atoms with Gasteiger partial charge in [0.2, 0.25) is 5.91 Å². The highest BCUT2D eigenvalue weighted by atomic mass is 16.5. The molecule has 0 radical (unpaired) electrons. The number of hydrogen-bond donors (Lipinski definition) is 2. The first-order valence-electron chi connectivity index (χ1n) is 7.86. The Balaban J connectivity index is 1.94. The summed E-state index contributed by atoms with van der Waals surface area (Å²) >= 11 is 0. The van der Waals surface area contributed by atoms with Crippen molar-refractivity contribution in [3.63, 3.8) is 0 Å². The number of nitrogens with one attached hydrogen (secondary N) is 1. The predicted molar refractivity (Wildman–Crippen MR) is 91.0 cm³/mol. The zero-order valence-corrected chi connectivity index (χ0v) is 13.6. The van der Waals surface area contributed by atoms with Crippen LogP contribution in [0.15, 0.2) is 54.6 Å². The maximum atomic E-state index is 12.1. The third kappa shape index (κ3) is 5.43. The lowest BCUT2D eigenvalue weighted by atomic mass is 10.1. The molecule has 0 fully saturated rings. The van der Waals surface area contributed by atoms with Crippen LogP contribution in [0.3, 0.4) is 0 Å².